The zero-order chi connectivity index (χ0) is 32.9. The Kier molecular flexibility index (Phi) is 9.78. The molecule has 47 heavy (non-hydrogen) atoms. The molecule has 6 rings (SSSR count). The lowest BCUT2D eigenvalue weighted by molar-refractivity contribution is -0.141. The molecule has 0 aromatic heterocycles. The van der Waals surface area contributed by atoms with Crippen LogP contribution in [0.15, 0.2) is 109 Å². The highest BCUT2D eigenvalue weighted by Crippen LogP contribution is 2.51. The van der Waals surface area contributed by atoms with Gasteiger partial charge in [0.2, 0.25) is 11.8 Å². The third-order valence-electron chi connectivity index (χ3n) is 9.64. The van der Waals surface area contributed by atoms with Crippen LogP contribution in [-0.2, 0) is 15.0 Å². The highest BCUT2D eigenvalue weighted by molar-refractivity contribution is 6.00. The standard InChI is InChI=1S/C39H40F3N3O2/c40-39(41,42)27-43-37(47)38(33-19-9-7-17-31(33)32-18-8-10-20-34(32)38)23-11-12-24-45-25-21-30(22-26-45)44-36(46)35(28-13-3-1-4-14-28)29-15-5-2-6-16-29/h1-10,13-20,30,35H,11-12,21-27H2,(H,43,47)(H,44,46). The highest BCUT2D eigenvalue weighted by atomic mass is 19.4. The molecule has 4 aromatic rings. The molecule has 1 aliphatic carbocycles. The molecule has 1 fully saturated rings. The second-order valence-electron chi connectivity index (χ2n) is 12.6. The van der Waals surface area contributed by atoms with Crippen LogP contribution in [-0.4, -0.2) is 55.1 Å². The molecule has 5 nitrogen and oxygen atoms in total. The van der Waals surface area contributed by atoms with Crippen LogP contribution in [0.1, 0.15) is 60.3 Å². The van der Waals surface area contributed by atoms with Crippen molar-refractivity contribution in [3.05, 3.63) is 131 Å². The Balaban J connectivity index is 1.07. The molecule has 1 heterocycles. The van der Waals surface area contributed by atoms with E-state index in [1.54, 1.807) is 0 Å². The van der Waals surface area contributed by atoms with E-state index in [1.807, 2.05) is 109 Å². The molecular weight excluding hydrogens is 599 g/mol. The first kappa shape index (κ1) is 32.5. The van der Waals surface area contributed by atoms with Crippen LogP contribution in [0.25, 0.3) is 11.1 Å². The van der Waals surface area contributed by atoms with Gasteiger partial charge in [-0.15, -0.1) is 0 Å². The number of fused-ring (bicyclic) bond motifs is 3. The summed E-state index contributed by atoms with van der Waals surface area (Å²) in [6.07, 6.45) is -0.921. The summed E-state index contributed by atoms with van der Waals surface area (Å²) in [5.41, 5.74) is 4.08. The van der Waals surface area contributed by atoms with Crippen molar-refractivity contribution in [2.24, 2.45) is 0 Å². The number of hydrogen-bond acceptors (Lipinski definition) is 3. The fraction of sp³-hybridized carbons (Fsp3) is 0.333. The van der Waals surface area contributed by atoms with Gasteiger partial charge in [0.1, 0.15) is 12.0 Å². The van der Waals surface area contributed by atoms with Gasteiger partial charge in [-0.2, -0.15) is 13.2 Å². The number of halogens is 3. The first-order valence-corrected chi connectivity index (χ1v) is 16.4. The second kappa shape index (κ2) is 14.1. The largest absolute Gasteiger partial charge is 0.405 e. The van der Waals surface area contributed by atoms with Crippen molar-refractivity contribution in [2.75, 3.05) is 26.2 Å². The summed E-state index contributed by atoms with van der Waals surface area (Å²) in [4.78, 5) is 29.7. The minimum atomic E-state index is -4.50. The number of amides is 2. The predicted octanol–water partition coefficient (Wildman–Crippen LogP) is 7.21. The van der Waals surface area contributed by atoms with Gasteiger partial charge in [-0.05, 0) is 65.6 Å². The van der Waals surface area contributed by atoms with Crippen LogP contribution in [0.4, 0.5) is 13.2 Å². The van der Waals surface area contributed by atoms with E-state index in [9.17, 15) is 22.8 Å². The smallest absolute Gasteiger partial charge is 0.352 e. The molecule has 0 radical (unpaired) electrons. The van der Waals surface area contributed by atoms with E-state index < -0.39 is 24.0 Å². The van der Waals surface area contributed by atoms with Gasteiger partial charge in [0.15, 0.2) is 0 Å². The van der Waals surface area contributed by atoms with E-state index in [2.05, 4.69) is 15.5 Å². The molecule has 2 N–H and O–H groups in total. The summed E-state index contributed by atoms with van der Waals surface area (Å²) in [5.74, 6) is -0.970. The number of hydrogen-bond donors (Lipinski definition) is 2. The van der Waals surface area contributed by atoms with Gasteiger partial charge in [0, 0.05) is 19.1 Å². The van der Waals surface area contributed by atoms with Crippen molar-refractivity contribution in [1.82, 2.24) is 15.5 Å². The lowest BCUT2D eigenvalue weighted by Crippen LogP contribution is -2.47. The molecule has 2 amide bonds. The highest BCUT2D eigenvalue weighted by Gasteiger charge is 2.49. The minimum absolute atomic E-state index is 0.00655. The summed E-state index contributed by atoms with van der Waals surface area (Å²) < 4.78 is 39.5. The lowest BCUT2D eigenvalue weighted by atomic mass is 9.73. The van der Waals surface area contributed by atoms with Crippen molar-refractivity contribution in [2.45, 2.75) is 55.7 Å². The first-order valence-electron chi connectivity index (χ1n) is 16.4. The molecule has 1 aliphatic heterocycles. The van der Waals surface area contributed by atoms with Crippen LogP contribution in [0.3, 0.4) is 0 Å². The number of carbonyl (C=O) groups is 2. The topological polar surface area (TPSA) is 61.4 Å². The zero-order valence-electron chi connectivity index (χ0n) is 26.3. The molecule has 0 atom stereocenters. The van der Waals surface area contributed by atoms with E-state index >= 15 is 0 Å². The van der Waals surface area contributed by atoms with Crippen LogP contribution in [0, 0.1) is 0 Å². The average Bonchev–Trinajstić information content (AvgIpc) is 3.37. The van der Waals surface area contributed by atoms with Crippen molar-refractivity contribution < 1.29 is 22.8 Å². The second-order valence-corrected chi connectivity index (χ2v) is 12.6. The van der Waals surface area contributed by atoms with Crippen LogP contribution < -0.4 is 10.6 Å². The Morgan fingerprint density at radius 1 is 0.745 bits per heavy atom. The average molecular weight is 640 g/mol. The van der Waals surface area contributed by atoms with E-state index in [4.69, 9.17) is 0 Å². The quantitative estimate of drug-likeness (QED) is 0.171. The van der Waals surface area contributed by atoms with Gasteiger partial charge in [0.05, 0.1) is 5.92 Å². The number of likely N-dealkylation sites (tertiary alicyclic amines) is 1. The first-order chi connectivity index (χ1) is 22.8. The third-order valence-corrected chi connectivity index (χ3v) is 9.64. The number of unbranched alkanes of at least 4 members (excludes halogenated alkanes) is 1. The maximum atomic E-state index is 13.7. The number of benzene rings is 4. The Hall–Kier alpha value is -4.43. The van der Waals surface area contributed by atoms with E-state index in [1.165, 1.54) is 0 Å². The molecule has 8 heteroatoms. The molecule has 0 saturated carbocycles. The molecular formula is C39H40F3N3O2. The molecule has 0 unspecified atom stereocenters. The van der Waals surface area contributed by atoms with E-state index in [-0.39, 0.29) is 17.9 Å². The van der Waals surface area contributed by atoms with Crippen molar-refractivity contribution >= 4 is 11.8 Å². The maximum absolute atomic E-state index is 13.7. The molecule has 0 spiro atoms. The molecule has 0 bridgehead atoms. The third kappa shape index (κ3) is 7.13. The van der Waals surface area contributed by atoms with E-state index in [0.29, 0.717) is 12.8 Å². The number of alkyl halides is 3. The van der Waals surface area contributed by atoms with Gasteiger partial charge >= 0.3 is 6.18 Å². The van der Waals surface area contributed by atoms with Crippen molar-refractivity contribution in [3.63, 3.8) is 0 Å². The molecule has 4 aromatic carbocycles. The molecule has 1 saturated heterocycles. The number of nitrogens with zero attached hydrogens (tertiary/aromatic N) is 1. The normalized spacial score (nSPS) is 16.0. The molecule has 244 valence electrons. The monoisotopic (exact) mass is 639 g/mol. The Labute approximate surface area is 274 Å². The fourth-order valence-electron chi connectivity index (χ4n) is 7.38. The summed E-state index contributed by atoms with van der Waals surface area (Å²) >= 11 is 0. The number of piperidine rings is 1. The fourth-order valence-corrected chi connectivity index (χ4v) is 7.38. The lowest BCUT2D eigenvalue weighted by Gasteiger charge is -2.34. The van der Waals surface area contributed by atoms with Gasteiger partial charge < -0.3 is 15.5 Å². The Bertz CT molecular complexity index is 1580. The van der Waals surface area contributed by atoms with Crippen molar-refractivity contribution in [1.29, 1.82) is 0 Å². The van der Waals surface area contributed by atoms with Gasteiger partial charge in [-0.1, -0.05) is 116 Å². The van der Waals surface area contributed by atoms with Crippen LogP contribution >= 0.6 is 0 Å². The Morgan fingerprint density at radius 3 is 1.79 bits per heavy atom. The van der Waals surface area contributed by atoms with Gasteiger partial charge in [0.25, 0.3) is 0 Å². The maximum Gasteiger partial charge on any atom is 0.405 e. The summed E-state index contributed by atoms with van der Waals surface area (Å²) in [5, 5.41) is 5.53. The van der Waals surface area contributed by atoms with Crippen molar-refractivity contribution in [3.8, 4) is 11.1 Å². The Morgan fingerprint density at radius 2 is 1.26 bits per heavy atom. The van der Waals surface area contributed by atoms with Gasteiger partial charge in [-0.3, -0.25) is 9.59 Å². The summed E-state index contributed by atoms with van der Waals surface area (Å²) in [6, 6.07) is 34.9. The minimum Gasteiger partial charge on any atom is -0.352 e. The number of carbonyl (C=O) groups excluding carboxylic acids is 2. The zero-order valence-corrected chi connectivity index (χ0v) is 26.3. The number of nitrogens with one attached hydrogen (secondary N) is 2. The predicted molar refractivity (Wildman–Crippen MR) is 178 cm³/mol. The number of rotatable bonds is 11. The van der Waals surface area contributed by atoms with Gasteiger partial charge in [-0.25, -0.2) is 0 Å². The molecule has 2 aliphatic rings. The SMILES string of the molecule is O=C(NC1CCN(CCCCC2(C(=O)NCC(F)(F)F)c3ccccc3-c3ccccc32)CC1)C(c1ccccc1)c1ccccc1. The van der Waals surface area contributed by atoms with E-state index in [0.717, 1.165) is 72.3 Å². The summed E-state index contributed by atoms with van der Waals surface area (Å²) in [6.45, 7) is 1.14. The van der Waals surface area contributed by atoms with Crippen LogP contribution in [0.5, 0.6) is 0 Å². The summed E-state index contributed by atoms with van der Waals surface area (Å²) in [7, 11) is 0. The van der Waals surface area contributed by atoms with Crippen LogP contribution in [0.2, 0.25) is 0 Å².